The summed E-state index contributed by atoms with van der Waals surface area (Å²) in [6.07, 6.45) is 8.05. The Kier molecular flexibility index (Phi) is 7.67. The molecule has 0 saturated heterocycles. The summed E-state index contributed by atoms with van der Waals surface area (Å²) in [5.41, 5.74) is 11.3. The maximum absolute atomic E-state index is 6.53. The first-order chi connectivity index (χ1) is 27.8. The lowest BCUT2D eigenvalue weighted by atomic mass is 9.88. The summed E-state index contributed by atoms with van der Waals surface area (Å²) in [4.78, 5) is 2.45. The highest BCUT2D eigenvalue weighted by molar-refractivity contribution is 6.15. The van der Waals surface area contributed by atoms with E-state index >= 15 is 0 Å². The van der Waals surface area contributed by atoms with Gasteiger partial charge >= 0.3 is 0 Å². The van der Waals surface area contributed by atoms with Crippen LogP contribution in [-0.4, -0.2) is 0 Å². The first kappa shape index (κ1) is 32.3. The van der Waals surface area contributed by atoms with Gasteiger partial charge in [0.2, 0.25) is 0 Å². The second-order valence-electron chi connectivity index (χ2n) is 14.8. The Labute approximate surface area is 325 Å². The van der Waals surface area contributed by atoms with Crippen LogP contribution in [-0.2, 0) is 0 Å². The van der Waals surface area contributed by atoms with Gasteiger partial charge in [0, 0.05) is 39.0 Å². The molecule has 11 rings (SSSR count). The lowest BCUT2D eigenvalue weighted by Crippen LogP contribution is -2.18. The van der Waals surface area contributed by atoms with Crippen molar-refractivity contribution >= 4 is 65.6 Å². The van der Waals surface area contributed by atoms with Crippen molar-refractivity contribution in [3.05, 3.63) is 218 Å². The molecule has 0 spiro atoms. The molecule has 56 heavy (non-hydrogen) atoms. The second-order valence-corrected chi connectivity index (χ2v) is 14.8. The van der Waals surface area contributed by atoms with Crippen LogP contribution < -0.4 is 4.90 Å². The van der Waals surface area contributed by atoms with Crippen LogP contribution >= 0.6 is 0 Å². The molecule has 0 N–H and O–H groups in total. The lowest BCUT2D eigenvalue weighted by molar-refractivity contribution is 0.672. The molecule has 1 aliphatic rings. The van der Waals surface area contributed by atoms with Gasteiger partial charge in [-0.25, -0.2) is 0 Å². The Morgan fingerprint density at radius 2 is 1.12 bits per heavy atom. The van der Waals surface area contributed by atoms with Gasteiger partial charge < -0.3 is 9.32 Å². The number of allylic oxidation sites excluding steroid dienone is 3. The van der Waals surface area contributed by atoms with Gasteiger partial charge in [0.25, 0.3) is 0 Å². The number of hydrogen-bond acceptors (Lipinski definition) is 2. The smallest absolute Gasteiger partial charge is 0.143 e. The first-order valence-corrected chi connectivity index (χ1v) is 19.4. The van der Waals surface area contributed by atoms with E-state index in [0.29, 0.717) is 0 Å². The van der Waals surface area contributed by atoms with Gasteiger partial charge in [0.15, 0.2) is 0 Å². The average Bonchev–Trinajstić information content (AvgIpc) is 3.65. The molecule has 1 atom stereocenters. The summed E-state index contributed by atoms with van der Waals surface area (Å²) in [5.74, 6) is 0.289. The number of furan rings is 1. The molecule has 1 aromatic heterocycles. The number of rotatable bonds is 6. The van der Waals surface area contributed by atoms with Gasteiger partial charge in [-0.15, -0.1) is 0 Å². The maximum Gasteiger partial charge on any atom is 0.143 e. The van der Waals surface area contributed by atoms with Crippen LogP contribution in [0, 0.1) is 0 Å². The van der Waals surface area contributed by atoms with E-state index in [1.165, 1.54) is 43.6 Å². The van der Waals surface area contributed by atoms with Crippen LogP contribution in [0.2, 0.25) is 0 Å². The zero-order valence-electron chi connectivity index (χ0n) is 30.8. The van der Waals surface area contributed by atoms with Crippen molar-refractivity contribution in [1.29, 1.82) is 0 Å². The lowest BCUT2D eigenvalue weighted by Gasteiger charge is -2.31. The van der Waals surface area contributed by atoms with Crippen molar-refractivity contribution in [2.24, 2.45) is 0 Å². The van der Waals surface area contributed by atoms with Crippen molar-refractivity contribution < 1.29 is 4.42 Å². The van der Waals surface area contributed by atoms with Gasteiger partial charge in [-0.3, -0.25) is 0 Å². The minimum absolute atomic E-state index is 0.289. The molecular weight excluding hydrogens is 679 g/mol. The summed E-state index contributed by atoms with van der Waals surface area (Å²) in [6, 6.07) is 68.0. The quantitative estimate of drug-likeness (QED) is 0.170. The summed E-state index contributed by atoms with van der Waals surface area (Å²) in [7, 11) is 0. The van der Waals surface area contributed by atoms with Crippen LogP contribution in [0.15, 0.2) is 216 Å². The molecule has 0 aliphatic heterocycles. The van der Waals surface area contributed by atoms with Crippen molar-refractivity contribution in [2.75, 3.05) is 4.90 Å². The number of nitrogens with zero attached hydrogens (tertiary/aromatic N) is 1. The number of hydrogen-bond donors (Lipinski definition) is 0. The summed E-state index contributed by atoms with van der Waals surface area (Å²) >= 11 is 0. The molecule has 9 aromatic carbocycles. The zero-order valence-corrected chi connectivity index (χ0v) is 30.8. The molecular formula is C54H37NO. The van der Waals surface area contributed by atoms with Crippen LogP contribution in [0.4, 0.5) is 11.4 Å². The van der Waals surface area contributed by atoms with E-state index < -0.39 is 0 Å². The third-order valence-corrected chi connectivity index (χ3v) is 11.6. The molecule has 10 aromatic rings. The molecule has 0 radical (unpaired) electrons. The van der Waals surface area contributed by atoms with Crippen LogP contribution in [0.1, 0.15) is 17.9 Å². The number of fused-ring (bicyclic) bond motifs is 7. The van der Waals surface area contributed by atoms with E-state index in [1.54, 1.807) is 0 Å². The molecule has 0 bridgehead atoms. The predicted molar refractivity (Wildman–Crippen MR) is 237 cm³/mol. The zero-order chi connectivity index (χ0) is 37.0. The SMILES string of the molecule is C1=CC(c2cccc3ccccc23)CC=C1N(c1cccc(-c2cccc3ccccc23)c1)c1ccccc1-c1ccc2oc3c4ccccc4ccc3c2c1. The Morgan fingerprint density at radius 3 is 1.96 bits per heavy atom. The Morgan fingerprint density at radius 1 is 0.464 bits per heavy atom. The highest BCUT2D eigenvalue weighted by Crippen LogP contribution is 2.44. The van der Waals surface area contributed by atoms with Gasteiger partial charge in [-0.1, -0.05) is 164 Å². The van der Waals surface area contributed by atoms with E-state index in [1.807, 2.05) is 0 Å². The standard InChI is InChI=1S/C54H37NO/c1-4-19-44-36(12-1)15-10-23-46(44)39-26-30-42(31-27-39)55(43-18-9-17-40(34-43)47-24-11-16-37-13-2-5-20-45(37)47)52-25-8-7-21-48(52)41-29-33-53-51(35-41)50-32-28-38-14-3-6-22-49(38)54(50)56-53/h1-26,28-35,39H,27H2. The topological polar surface area (TPSA) is 16.4 Å². The summed E-state index contributed by atoms with van der Waals surface area (Å²) in [5, 5.41) is 9.67. The first-order valence-electron chi connectivity index (χ1n) is 19.4. The minimum Gasteiger partial charge on any atom is -0.455 e. The van der Waals surface area contributed by atoms with Gasteiger partial charge in [-0.05, 0) is 98.1 Å². The van der Waals surface area contributed by atoms with Crippen molar-refractivity contribution in [3.63, 3.8) is 0 Å². The largest absolute Gasteiger partial charge is 0.455 e. The van der Waals surface area contributed by atoms with Crippen LogP contribution in [0.5, 0.6) is 0 Å². The third kappa shape index (κ3) is 5.41. The summed E-state index contributed by atoms with van der Waals surface area (Å²) in [6.45, 7) is 0. The van der Waals surface area contributed by atoms with Gasteiger partial charge in [0.05, 0.1) is 5.69 Å². The fourth-order valence-corrected chi connectivity index (χ4v) is 8.88. The maximum atomic E-state index is 6.53. The molecule has 264 valence electrons. The molecule has 1 unspecified atom stereocenters. The number of anilines is 2. The molecule has 1 heterocycles. The molecule has 2 nitrogen and oxygen atoms in total. The van der Waals surface area contributed by atoms with Crippen molar-refractivity contribution in [1.82, 2.24) is 0 Å². The Bertz CT molecular complexity index is 3190. The molecule has 0 amide bonds. The molecule has 0 saturated carbocycles. The van der Waals surface area contributed by atoms with Gasteiger partial charge in [0.1, 0.15) is 11.2 Å². The van der Waals surface area contributed by atoms with E-state index in [0.717, 1.165) is 61.9 Å². The fourth-order valence-electron chi connectivity index (χ4n) is 8.88. The monoisotopic (exact) mass is 715 g/mol. The molecule has 1 aliphatic carbocycles. The number of benzene rings is 9. The fraction of sp³-hybridized carbons (Fsp3) is 0.0370. The van der Waals surface area contributed by atoms with E-state index in [4.69, 9.17) is 4.42 Å². The average molecular weight is 716 g/mol. The van der Waals surface area contributed by atoms with Crippen molar-refractivity contribution in [3.8, 4) is 22.3 Å². The number of para-hydroxylation sites is 1. The van der Waals surface area contributed by atoms with E-state index in [9.17, 15) is 0 Å². The van der Waals surface area contributed by atoms with Crippen molar-refractivity contribution in [2.45, 2.75) is 12.3 Å². The summed E-state index contributed by atoms with van der Waals surface area (Å²) < 4.78 is 6.53. The third-order valence-electron chi connectivity index (χ3n) is 11.6. The normalized spacial score (nSPS) is 14.2. The molecule has 2 heteroatoms. The van der Waals surface area contributed by atoms with Crippen LogP contribution in [0.3, 0.4) is 0 Å². The van der Waals surface area contributed by atoms with Crippen LogP contribution in [0.25, 0.3) is 76.5 Å². The van der Waals surface area contributed by atoms with Gasteiger partial charge in [-0.2, -0.15) is 0 Å². The van der Waals surface area contributed by atoms with E-state index in [2.05, 4.69) is 211 Å². The second kappa shape index (κ2) is 13.3. The minimum atomic E-state index is 0.289. The van der Waals surface area contributed by atoms with E-state index in [-0.39, 0.29) is 5.92 Å². The highest BCUT2D eigenvalue weighted by atomic mass is 16.3. The Hall–Kier alpha value is -7.16. The molecule has 0 fully saturated rings. The predicted octanol–water partition coefficient (Wildman–Crippen LogP) is 15.1. The highest BCUT2D eigenvalue weighted by Gasteiger charge is 2.23. The Balaban J connectivity index is 1.06.